The molecule has 0 aliphatic heterocycles. The van der Waals surface area contributed by atoms with Crippen LogP contribution in [-0.2, 0) is 0 Å². The monoisotopic (exact) mass is 211 g/mol. The minimum absolute atomic E-state index is 0.222. The average Bonchev–Trinajstić information content (AvgIpc) is 2.17. The van der Waals surface area contributed by atoms with Gasteiger partial charge in [-0.3, -0.25) is 0 Å². The Morgan fingerprint density at radius 1 is 1.47 bits per heavy atom. The van der Waals surface area contributed by atoms with Crippen molar-refractivity contribution >= 4 is 0 Å². The minimum Gasteiger partial charge on any atom is -0.493 e. The SMILES string of the molecule is COc1c(F)cc(C)cc1C(C)CCN. The van der Waals surface area contributed by atoms with Crippen LogP contribution in [0.25, 0.3) is 0 Å². The van der Waals surface area contributed by atoms with Crippen LogP contribution in [0, 0.1) is 12.7 Å². The molecule has 2 N–H and O–H groups in total. The van der Waals surface area contributed by atoms with E-state index in [1.165, 1.54) is 13.2 Å². The molecule has 1 aromatic carbocycles. The van der Waals surface area contributed by atoms with Gasteiger partial charge in [0.15, 0.2) is 11.6 Å². The van der Waals surface area contributed by atoms with Crippen molar-refractivity contribution in [3.05, 3.63) is 29.1 Å². The molecule has 2 nitrogen and oxygen atoms in total. The second kappa shape index (κ2) is 5.12. The van der Waals surface area contributed by atoms with E-state index in [9.17, 15) is 4.39 Å². The van der Waals surface area contributed by atoms with Crippen LogP contribution in [-0.4, -0.2) is 13.7 Å². The van der Waals surface area contributed by atoms with E-state index < -0.39 is 0 Å². The summed E-state index contributed by atoms with van der Waals surface area (Å²) in [6.45, 7) is 4.50. The topological polar surface area (TPSA) is 35.2 Å². The largest absolute Gasteiger partial charge is 0.493 e. The van der Waals surface area contributed by atoms with E-state index in [-0.39, 0.29) is 11.7 Å². The molecule has 0 radical (unpaired) electrons. The molecule has 1 aromatic rings. The highest BCUT2D eigenvalue weighted by Crippen LogP contribution is 2.31. The number of nitrogens with two attached hydrogens (primary N) is 1. The van der Waals surface area contributed by atoms with Gasteiger partial charge in [0.2, 0.25) is 0 Å². The fourth-order valence-corrected chi connectivity index (χ4v) is 1.74. The molecule has 1 rings (SSSR count). The lowest BCUT2D eigenvalue weighted by Crippen LogP contribution is -2.07. The number of benzene rings is 1. The van der Waals surface area contributed by atoms with Crippen LogP contribution in [0.4, 0.5) is 4.39 Å². The van der Waals surface area contributed by atoms with Gasteiger partial charge in [0, 0.05) is 5.56 Å². The van der Waals surface area contributed by atoms with E-state index in [1.54, 1.807) is 0 Å². The molecule has 0 amide bonds. The Kier molecular flexibility index (Phi) is 4.09. The Labute approximate surface area is 90.2 Å². The Bertz CT molecular complexity index is 339. The van der Waals surface area contributed by atoms with E-state index in [1.807, 2.05) is 19.9 Å². The van der Waals surface area contributed by atoms with Gasteiger partial charge < -0.3 is 10.5 Å². The van der Waals surface area contributed by atoms with Crippen molar-refractivity contribution in [3.8, 4) is 5.75 Å². The van der Waals surface area contributed by atoms with Crippen LogP contribution in [0.15, 0.2) is 12.1 Å². The first-order chi connectivity index (χ1) is 7.10. The number of hydrogen-bond donors (Lipinski definition) is 1. The Hall–Kier alpha value is -1.09. The molecule has 1 unspecified atom stereocenters. The summed E-state index contributed by atoms with van der Waals surface area (Å²) in [5.41, 5.74) is 7.31. The third kappa shape index (κ3) is 2.69. The summed E-state index contributed by atoms with van der Waals surface area (Å²) in [4.78, 5) is 0. The molecule has 0 aliphatic rings. The van der Waals surface area contributed by atoms with Crippen molar-refractivity contribution in [1.29, 1.82) is 0 Å². The maximum absolute atomic E-state index is 13.6. The average molecular weight is 211 g/mol. The number of ether oxygens (including phenoxy) is 1. The highest BCUT2D eigenvalue weighted by molar-refractivity contribution is 5.40. The van der Waals surface area contributed by atoms with Crippen LogP contribution in [0.1, 0.15) is 30.4 Å². The zero-order valence-electron chi connectivity index (χ0n) is 9.51. The van der Waals surface area contributed by atoms with Crippen LogP contribution in [0.3, 0.4) is 0 Å². The van der Waals surface area contributed by atoms with E-state index in [2.05, 4.69) is 0 Å². The van der Waals surface area contributed by atoms with E-state index >= 15 is 0 Å². The van der Waals surface area contributed by atoms with Gasteiger partial charge in [-0.2, -0.15) is 0 Å². The quantitative estimate of drug-likeness (QED) is 0.830. The van der Waals surface area contributed by atoms with Crippen molar-refractivity contribution in [2.75, 3.05) is 13.7 Å². The van der Waals surface area contributed by atoms with E-state index in [0.717, 1.165) is 17.5 Å². The Morgan fingerprint density at radius 3 is 2.67 bits per heavy atom. The van der Waals surface area contributed by atoms with Gasteiger partial charge in [-0.15, -0.1) is 0 Å². The molecular formula is C12H18FNO. The van der Waals surface area contributed by atoms with Gasteiger partial charge in [0.25, 0.3) is 0 Å². The van der Waals surface area contributed by atoms with Crippen molar-refractivity contribution in [2.45, 2.75) is 26.2 Å². The standard InChI is InChI=1S/C12H18FNO/c1-8-6-10(9(2)4-5-14)12(15-3)11(13)7-8/h6-7,9H,4-5,14H2,1-3H3. The number of halogens is 1. The molecule has 0 heterocycles. The predicted molar refractivity (Wildman–Crippen MR) is 59.8 cm³/mol. The molecule has 84 valence electrons. The lowest BCUT2D eigenvalue weighted by Gasteiger charge is -2.16. The molecule has 0 saturated heterocycles. The minimum atomic E-state index is -0.295. The number of rotatable bonds is 4. The molecule has 0 fully saturated rings. The fraction of sp³-hybridized carbons (Fsp3) is 0.500. The maximum atomic E-state index is 13.6. The molecule has 0 spiro atoms. The molecule has 0 bridgehead atoms. The molecule has 3 heteroatoms. The van der Waals surface area contributed by atoms with E-state index in [4.69, 9.17) is 10.5 Å². The van der Waals surface area contributed by atoms with E-state index in [0.29, 0.717) is 12.3 Å². The molecule has 0 aliphatic carbocycles. The summed E-state index contributed by atoms with van der Waals surface area (Å²) < 4.78 is 18.6. The van der Waals surface area contributed by atoms with Gasteiger partial charge in [-0.25, -0.2) is 4.39 Å². The fourth-order valence-electron chi connectivity index (χ4n) is 1.74. The number of methoxy groups -OCH3 is 1. The molecule has 0 saturated carbocycles. The summed E-state index contributed by atoms with van der Waals surface area (Å²) in [6.07, 6.45) is 0.833. The zero-order valence-corrected chi connectivity index (χ0v) is 9.51. The first-order valence-corrected chi connectivity index (χ1v) is 5.14. The highest BCUT2D eigenvalue weighted by Gasteiger charge is 2.15. The van der Waals surface area contributed by atoms with Gasteiger partial charge in [-0.05, 0) is 37.4 Å². The van der Waals surface area contributed by atoms with Crippen LogP contribution < -0.4 is 10.5 Å². The third-order valence-electron chi connectivity index (χ3n) is 2.55. The van der Waals surface area contributed by atoms with Gasteiger partial charge in [0.1, 0.15) is 0 Å². The normalized spacial score (nSPS) is 12.6. The van der Waals surface area contributed by atoms with Crippen LogP contribution in [0.2, 0.25) is 0 Å². The first kappa shape index (κ1) is 12.0. The zero-order chi connectivity index (χ0) is 11.4. The van der Waals surface area contributed by atoms with Crippen molar-refractivity contribution in [2.24, 2.45) is 5.73 Å². The lowest BCUT2D eigenvalue weighted by atomic mass is 9.95. The van der Waals surface area contributed by atoms with Gasteiger partial charge in [-0.1, -0.05) is 13.0 Å². The van der Waals surface area contributed by atoms with Crippen molar-refractivity contribution in [1.82, 2.24) is 0 Å². The smallest absolute Gasteiger partial charge is 0.165 e. The lowest BCUT2D eigenvalue weighted by molar-refractivity contribution is 0.377. The highest BCUT2D eigenvalue weighted by atomic mass is 19.1. The summed E-state index contributed by atoms with van der Waals surface area (Å²) in [5, 5.41) is 0. The Morgan fingerprint density at radius 2 is 2.13 bits per heavy atom. The number of hydrogen-bond acceptors (Lipinski definition) is 2. The molecule has 1 atom stereocenters. The summed E-state index contributed by atoms with van der Waals surface area (Å²) in [7, 11) is 1.49. The van der Waals surface area contributed by atoms with Gasteiger partial charge in [0.05, 0.1) is 7.11 Å². The maximum Gasteiger partial charge on any atom is 0.165 e. The Balaban J connectivity index is 3.13. The molecule has 15 heavy (non-hydrogen) atoms. The van der Waals surface area contributed by atoms with Gasteiger partial charge >= 0.3 is 0 Å². The summed E-state index contributed by atoms with van der Waals surface area (Å²) >= 11 is 0. The van der Waals surface area contributed by atoms with Crippen molar-refractivity contribution in [3.63, 3.8) is 0 Å². The number of aryl methyl sites for hydroxylation is 1. The summed E-state index contributed by atoms with van der Waals surface area (Å²) in [5.74, 6) is 0.275. The molecular weight excluding hydrogens is 193 g/mol. The molecule has 0 aromatic heterocycles. The summed E-state index contributed by atoms with van der Waals surface area (Å²) in [6, 6.07) is 3.44. The second-order valence-electron chi connectivity index (χ2n) is 3.85. The third-order valence-corrected chi connectivity index (χ3v) is 2.55. The second-order valence-corrected chi connectivity index (χ2v) is 3.85. The van der Waals surface area contributed by atoms with Crippen LogP contribution in [0.5, 0.6) is 5.75 Å². The van der Waals surface area contributed by atoms with Crippen molar-refractivity contribution < 1.29 is 9.13 Å². The first-order valence-electron chi connectivity index (χ1n) is 5.14. The van der Waals surface area contributed by atoms with Crippen LogP contribution >= 0.6 is 0 Å². The predicted octanol–water partition coefficient (Wildman–Crippen LogP) is 2.60.